The summed E-state index contributed by atoms with van der Waals surface area (Å²) in [4.78, 5) is 14.4. The largest absolute Gasteiger partial charge is 0.407 e. The van der Waals surface area contributed by atoms with E-state index in [4.69, 9.17) is 4.42 Å². The molecule has 1 amide bonds. The van der Waals surface area contributed by atoms with Crippen molar-refractivity contribution in [3.8, 4) is 0 Å². The molecule has 0 atom stereocenters. The zero-order valence-electron chi connectivity index (χ0n) is 12.9. The van der Waals surface area contributed by atoms with Crippen LogP contribution in [0.25, 0.3) is 0 Å². The van der Waals surface area contributed by atoms with Crippen molar-refractivity contribution in [2.24, 2.45) is 0 Å². The van der Waals surface area contributed by atoms with Gasteiger partial charge in [0.25, 0.3) is 5.91 Å². The molecule has 0 aliphatic rings. The molecular weight excluding hydrogens is 342 g/mol. The third kappa shape index (κ3) is 4.39. The second-order valence-corrected chi connectivity index (χ2v) is 6.71. The summed E-state index contributed by atoms with van der Waals surface area (Å²) in [5.74, 6) is 0.750. The molecule has 0 bridgehead atoms. The summed E-state index contributed by atoms with van der Waals surface area (Å²) in [5.41, 5.74) is 0.547. The van der Waals surface area contributed by atoms with E-state index in [1.165, 1.54) is 0 Å². The number of rotatable bonds is 6. The molecule has 122 valence electrons. The lowest BCUT2D eigenvalue weighted by Gasteiger charge is -2.01. The molecule has 7 heteroatoms. The minimum Gasteiger partial charge on any atom is -0.407 e. The summed E-state index contributed by atoms with van der Waals surface area (Å²) < 4.78 is 5.46. The van der Waals surface area contributed by atoms with Crippen LogP contribution in [0.1, 0.15) is 16.2 Å². The number of anilines is 1. The highest BCUT2D eigenvalue weighted by Gasteiger charge is 2.12. The Labute approximate surface area is 148 Å². The van der Waals surface area contributed by atoms with Gasteiger partial charge in [0.1, 0.15) is 0 Å². The number of nitrogens with one attached hydrogen (secondary N) is 1. The van der Waals surface area contributed by atoms with E-state index in [1.807, 2.05) is 48.7 Å². The van der Waals surface area contributed by atoms with Crippen molar-refractivity contribution >= 4 is 35.4 Å². The molecule has 24 heavy (non-hydrogen) atoms. The number of aromatic nitrogens is 2. The Hall–Kier alpha value is -2.25. The predicted molar refractivity (Wildman–Crippen MR) is 96.5 cm³/mol. The topological polar surface area (TPSA) is 68.0 Å². The van der Waals surface area contributed by atoms with Crippen LogP contribution in [0.3, 0.4) is 0 Å². The summed E-state index contributed by atoms with van der Waals surface area (Å²) in [7, 11) is 0. The maximum Gasteiger partial charge on any atom is 0.322 e. The fraction of sp³-hybridized carbons (Fsp3) is 0.118. The first kappa shape index (κ1) is 16.6. The van der Waals surface area contributed by atoms with Crippen LogP contribution in [0.15, 0.2) is 68.8 Å². The van der Waals surface area contributed by atoms with Gasteiger partial charge in [-0.25, -0.2) is 0 Å². The summed E-state index contributed by atoms with van der Waals surface area (Å²) in [6.07, 6.45) is 1.99. The molecule has 0 spiro atoms. The molecule has 0 saturated carbocycles. The van der Waals surface area contributed by atoms with Gasteiger partial charge in [0.2, 0.25) is 5.89 Å². The Balaban J connectivity index is 1.57. The van der Waals surface area contributed by atoms with Crippen molar-refractivity contribution in [3.05, 3.63) is 66.1 Å². The lowest BCUT2D eigenvalue weighted by Crippen LogP contribution is -2.11. The van der Waals surface area contributed by atoms with Gasteiger partial charge in [-0.15, -0.1) is 28.6 Å². The number of benzene rings is 2. The van der Waals surface area contributed by atoms with Crippen molar-refractivity contribution in [3.63, 3.8) is 0 Å². The highest BCUT2D eigenvalue weighted by Crippen LogP contribution is 2.22. The zero-order valence-corrected chi connectivity index (χ0v) is 14.6. The number of carbonyl (C=O) groups excluding carboxylic acids is 1. The van der Waals surface area contributed by atoms with Gasteiger partial charge in [0, 0.05) is 15.4 Å². The van der Waals surface area contributed by atoms with Crippen LogP contribution in [-0.2, 0) is 5.75 Å². The number of carbonyl (C=O) groups is 1. The van der Waals surface area contributed by atoms with Crippen LogP contribution in [0, 0.1) is 0 Å². The molecule has 0 aliphatic carbocycles. The van der Waals surface area contributed by atoms with Gasteiger partial charge in [-0.3, -0.25) is 10.1 Å². The van der Waals surface area contributed by atoms with Crippen molar-refractivity contribution in [1.29, 1.82) is 0 Å². The number of hydrogen-bond acceptors (Lipinski definition) is 6. The monoisotopic (exact) mass is 357 g/mol. The summed E-state index contributed by atoms with van der Waals surface area (Å²) in [6.45, 7) is 0. The number of hydrogen-bond donors (Lipinski definition) is 1. The molecule has 5 nitrogen and oxygen atoms in total. The Bertz CT molecular complexity index is 804. The zero-order chi connectivity index (χ0) is 16.8. The van der Waals surface area contributed by atoms with E-state index in [0.717, 1.165) is 9.79 Å². The average molecular weight is 357 g/mol. The first-order chi connectivity index (χ1) is 11.7. The second-order valence-electron chi connectivity index (χ2n) is 4.79. The van der Waals surface area contributed by atoms with Crippen molar-refractivity contribution in [1.82, 2.24) is 10.2 Å². The molecular formula is C17H15N3O2S2. The van der Waals surface area contributed by atoms with E-state index in [0.29, 0.717) is 17.2 Å². The van der Waals surface area contributed by atoms with Gasteiger partial charge in [0.05, 0.1) is 5.75 Å². The summed E-state index contributed by atoms with van der Waals surface area (Å²) >= 11 is 3.22. The van der Waals surface area contributed by atoms with Crippen LogP contribution in [-0.4, -0.2) is 22.4 Å². The third-order valence-electron chi connectivity index (χ3n) is 3.15. The fourth-order valence-corrected chi connectivity index (χ4v) is 3.10. The van der Waals surface area contributed by atoms with Crippen molar-refractivity contribution < 1.29 is 9.21 Å². The smallest absolute Gasteiger partial charge is 0.322 e. The molecule has 0 fully saturated rings. The Morgan fingerprint density at radius 3 is 2.50 bits per heavy atom. The van der Waals surface area contributed by atoms with Crippen LogP contribution < -0.4 is 5.32 Å². The van der Waals surface area contributed by atoms with Gasteiger partial charge in [-0.2, -0.15) is 0 Å². The molecule has 0 saturated heterocycles. The number of amides is 1. The van der Waals surface area contributed by atoms with E-state index in [-0.39, 0.29) is 11.9 Å². The van der Waals surface area contributed by atoms with Gasteiger partial charge in [-0.1, -0.05) is 23.3 Å². The molecule has 1 heterocycles. The maximum absolute atomic E-state index is 12.2. The minimum atomic E-state index is -0.270. The molecule has 3 rings (SSSR count). The average Bonchev–Trinajstić information content (AvgIpc) is 3.08. The lowest BCUT2D eigenvalue weighted by atomic mass is 10.2. The van der Waals surface area contributed by atoms with Gasteiger partial charge in [0.15, 0.2) is 0 Å². The molecule has 1 aromatic heterocycles. The maximum atomic E-state index is 12.2. The van der Waals surface area contributed by atoms with Crippen molar-refractivity contribution in [2.45, 2.75) is 15.5 Å². The van der Waals surface area contributed by atoms with Crippen LogP contribution in [0.2, 0.25) is 0 Å². The van der Waals surface area contributed by atoms with E-state index in [9.17, 15) is 4.79 Å². The molecule has 0 radical (unpaired) electrons. The van der Waals surface area contributed by atoms with Crippen LogP contribution in [0.4, 0.5) is 6.01 Å². The Kier molecular flexibility index (Phi) is 5.55. The van der Waals surface area contributed by atoms with Crippen LogP contribution >= 0.6 is 23.5 Å². The van der Waals surface area contributed by atoms with Crippen LogP contribution in [0.5, 0.6) is 0 Å². The van der Waals surface area contributed by atoms with E-state index < -0.39 is 0 Å². The van der Waals surface area contributed by atoms with E-state index >= 15 is 0 Å². The molecule has 0 aliphatic heterocycles. The van der Waals surface area contributed by atoms with Gasteiger partial charge >= 0.3 is 6.01 Å². The molecule has 0 unspecified atom stereocenters. The highest BCUT2D eigenvalue weighted by atomic mass is 32.2. The first-order valence-electron chi connectivity index (χ1n) is 7.20. The van der Waals surface area contributed by atoms with Crippen molar-refractivity contribution in [2.75, 3.05) is 11.6 Å². The Morgan fingerprint density at radius 1 is 1.04 bits per heavy atom. The lowest BCUT2D eigenvalue weighted by molar-refractivity contribution is 0.102. The van der Waals surface area contributed by atoms with Gasteiger partial charge < -0.3 is 4.42 Å². The first-order valence-corrected chi connectivity index (χ1v) is 9.41. The van der Waals surface area contributed by atoms with Gasteiger partial charge in [-0.05, 0) is 42.7 Å². The minimum absolute atomic E-state index is 0.109. The predicted octanol–water partition coefficient (Wildman–Crippen LogP) is 4.34. The second kappa shape index (κ2) is 8.03. The Morgan fingerprint density at radius 2 is 1.79 bits per heavy atom. The normalized spacial score (nSPS) is 10.5. The third-order valence-corrected chi connectivity index (χ3v) is 4.89. The molecule has 2 aromatic carbocycles. The highest BCUT2D eigenvalue weighted by molar-refractivity contribution is 7.98. The molecule has 1 N–H and O–H groups in total. The summed E-state index contributed by atoms with van der Waals surface area (Å²) in [5, 5.41) is 10.4. The number of thioether (sulfide) groups is 2. The standard InChI is InChI=1S/C17H15N3O2S2/c1-23-13-9-7-12(8-10-13)16(21)18-17-20-19-15(22-17)11-24-14-5-3-2-4-6-14/h2-10H,11H2,1H3,(H,18,20,21). The quantitative estimate of drug-likeness (QED) is 0.662. The fourth-order valence-electron chi connectivity index (χ4n) is 1.94. The summed E-state index contributed by atoms with van der Waals surface area (Å²) in [6, 6.07) is 17.4. The van der Waals surface area contributed by atoms with E-state index in [1.54, 1.807) is 35.7 Å². The molecule has 3 aromatic rings. The number of nitrogens with zero attached hydrogens (tertiary/aromatic N) is 2. The van der Waals surface area contributed by atoms with E-state index in [2.05, 4.69) is 15.5 Å². The SMILES string of the molecule is CSc1ccc(C(=O)Nc2nnc(CSc3ccccc3)o2)cc1.